The van der Waals surface area contributed by atoms with Crippen LogP contribution >= 0.6 is 22.9 Å². The molecular weight excluding hydrogens is 406 g/mol. The summed E-state index contributed by atoms with van der Waals surface area (Å²) in [5.74, 6) is -0.151. The molecule has 2 aromatic heterocycles. The molecule has 3 heterocycles. The van der Waals surface area contributed by atoms with Gasteiger partial charge in [0.1, 0.15) is 5.69 Å². The zero-order valence-electron chi connectivity index (χ0n) is 16.0. The van der Waals surface area contributed by atoms with Crippen LogP contribution in [-0.4, -0.2) is 33.4 Å². The average molecular weight is 426 g/mol. The van der Waals surface area contributed by atoms with Crippen molar-refractivity contribution < 1.29 is 9.59 Å². The van der Waals surface area contributed by atoms with E-state index in [1.165, 1.54) is 17.4 Å². The molecule has 0 fully saturated rings. The Morgan fingerprint density at radius 2 is 2.14 bits per heavy atom. The first-order valence-electron chi connectivity index (χ1n) is 9.37. The van der Waals surface area contributed by atoms with Crippen molar-refractivity contribution in [2.75, 3.05) is 6.54 Å². The Bertz CT molecular complexity index is 1100. The van der Waals surface area contributed by atoms with Crippen molar-refractivity contribution in [3.63, 3.8) is 0 Å². The van der Waals surface area contributed by atoms with Crippen molar-refractivity contribution in [2.24, 2.45) is 0 Å². The maximum atomic E-state index is 12.4. The predicted octanol–water partition coefficient (Wildman–Crippen LogP) is 4.76. The van der Waals surface area contributed by atoms with Crippen LogP contribution in [0.25, 0.3) is 11.1 Å². The molecule has 0 spiro atoms. The summed E-state index contributed by atoms with van der Waals surface area (Å²) in [4.78, 5) is 27.0. The van der Waals surface area contributed by atoms with Gasteiger partial charge in [0, 0.05) is 29.4 Å². The lowest BCUT2D eigenvalue weighted by molar-refractivity contribution is -0.127. The second-order valence-electron chi connectivity index (χ2n) is 6.87. The van der Waals surface area contributed by atoms with Crippen LogP contribution in [-0.2, 0) is 17.9 Å². The van der Waals surface area contributed by atoms with E-state index < -0.39 is 0 Å². The SMILES string of the molecule is C=CC(=O)N1Cc2sc(Cl)cc2C(c2ccccc2-c2cnn(CC)c2C=O)C1. The average Bonchev–Trinajstić information content (AvgIpc) is 3.34. The van der Waals surface area contributed by atoms with Gasteiger partial charge < -0.3 is 4.90 Å². The number of aromatic nitrogens is 2. The minimum Gasteiger partial charge on any atom is -0.333 e. The molecular formula is C22H20ClN3O2S. The van der Waals surface area contributed by atoms with Gasteiger partial charge >= 0.3 is 0 Å². The van der Waals surface area contributed by atoms with Gasteiger partial charge in [-0.2, -0.15) is 5.10 Å². The van der Waals surface area contributed by atoms with Crippen molar-refractivity contribution in [1.29, 1.82) is 0 Å². The van der Waals surface area contributed by atoms with E-state index in [4.69, 9.17) is 11.6 Å². The topological polar surface area (TPSA) is 55.2 Å². The molecule has 0 N–H and O–H groups in total. The van der Waals surface area contributed by atoms with Gasteiger partial charge in [-0.15, -0.1) is 11.3 Å². The van der Waals surface area contributed by atoms with E-state index in [0.717, 1.165) is 33.4 Å². The third-order valence-electron chi connectivity index (χ3n) is 5.33. The molecule has 0 saturated heterocycles. The number of hydrogen-bond acceptors (Lipinski definition) is 4. The van der Waals surface area contributed by atoms with Crippen molar-refractivity contribution in [3.05, 3.63) is 75.2 Å². The first-order chi connectivity index (χ1) is 14.1. The van der Waals surface area contributed by atoms with Crippen LogP contribution in [0.3, 0.4) is 0 Å². The summed E-state index contributed by atoms with van der Waals surface area (Å²) in [5, 5.41) is 4.36. The summed E-state index contributed by atoms with van der Waals surface area (Å²) in [6, 6.07) is 9.98. The molecule has 7 heteroatoms. The van der Waals surface area contributed by atoms with Crippen LogP contribution in [0.4, 0.5) is 0 Å². The maximum absolute atomic E-state index is 12.4. The highest BCUT2D eigenvalue weighted by molar-refractivity contribution is 7.16. The van der Waals surface area contributed by atoms with Crippen molar-refractivity contribution in [3.8, 4) is 11.1 Å². The third-order valence-corrected chi connectivity index (χ3v) is 6.59. The Morgan fingerprint density at radius 1 is 1.34 bits per heavy atom. The summed E-state index contributed by atoms with van der Waals surface area (Å²) in [6.07, 6.45) is 3.94. The molecule has 1 aliphatic rings. The molecule has 3 aromatic rings. The summed E-state index contributed by atoms with van der Waals surface area (Å²) >= 11 is 7.83. The Labute approximate surface area is 178 Å². The van der Waals surface area contributed by atoms with E-state index in [0.29, 0.717) is 29.7 Å². The first-order valence-corrected chi connectivity index (χ1v) is 10.6. The Morgan fingerprint density at radius 3 is 2.86 bits per heavy atom. The van der Waals surface area contributed by atoms with E-state index in [-0.39, 0.29) is 11.8 Å². The Hall–Kier alpha value is -2.70. The standard InChI is InChI=1S/C22H20ClN3O2S/c1-3-22(28)25-11-18(16-9-21(23)29-20(16)12-25)15-8-6-5-7-14(15)17-10-24-26(4-2)19(17)13-27/h3,5-10,13,18H,1,4,11-12H2,2H3. The molecule has 1 atom stereocenters. The smallest absolute Gasteiger partial charge is 0.246 e. The molecule has 5 nitrogen and oxygen atoms in total. The largest absolute Gasteiger partial charge is 0.333 e. The molecule has 1 amide bonds. The Kier molecular flexibility index (Phi) is 5.39. The van der Waals surface area contributed by atoms with Gasteiger partial charge in [-0.25, -0.2) is 0 Å². The molecule has 29 heavy (non-hydrogen) atoms. The van der Waals surface area contributed by atoms with Crippen LogP contribution in [0.1, 0.15) is 39.3 Å². The summed E-state index contributed by atoms with van der Waals surface area (Å²) < 4.78 is 2.40. The summed E-state index contributed by atoms with van der Waals surface area (Å²) in [7, 11) is 0. The van der Waals surface area contributed by atoms with Gasteiger partial charge in [-0.05, 0) is 35.8 Å². The van der Waals surface area contributed by atoms with E-state index >= 15 is 0 Å². The van der Waals surface area contributed by atoms with Gasteiger partial charge in [0.05, 0.1) is 17.1 Å². The van der Waals surface area contributed by atoms with Gasteiger partial charge in [0.2, 0.25) is 5.91 Å². The number of aryl methyl sites for hydroxylation is 1. The Balaban J connectivity index is 1.87. The molecule has 1 aromatic carbocycles. The van der Waals surface area contributed by atoms with E-state index in [2.05, 4.69) is 17.7 Å². The third kappa shape index (κ3) is 3.43. The number of rotatable bonds is 5. The van der Waals surface area contributed by atoms with Crippen LogP contribution in [0.2, 0.25) is 4.34 Å². The minimum absolute atomic E-state index is 0.0490. The monoisotopic (exact) mass is 425 g/mol. The van der Waals surface area contributed by atoms with Gasteiger partial charge in [0.25, 0.3) is 0 Å². The lowest BCUT2D eigenvalue weighted by atomic mass is 9.84. The van der Waals surface area contributed by atoms with E-state index in [1.807, 2.05) is 31.2 Å². The number of aldehydes is 1. The zero-order chi connectivity index (χ0) is 20.5. The predicted molar refractivity (Wildman–Crippen MR) is 116 cm³/mol. The lowest BCUT2D eigenvalue weighted by Gasteiger charge is -2.33. The highest BCUT2D eigenvalue weighted by Gasteiger charge is 2.32. The fourth-order valence-corrected chi connectivity index (χ4v) is 5.33. The second kappa shape index (κ2) is 7.97. The fraction of sp³-hybridized carbons (Fsp3) is 0.227. The van der Waals surface area contributed by atoms with Crippen molar-refractivity contribution in [1.82, 2.24) is 14.7 Å². The number of carbonyl (C=O) groups is 2. The number of fused-ring (bicyclic) bond motifs is 1. The highest BCUT2D eigenvalue weighted by Crippen LogP contribution is 2.43. The molecule has 0 radical (unpaired) electrons. The number of amides is 1. The summed E-state index contributed by atoms with van der Waals surface area (Å²) in [6.45, 7) is 7.26. The van der Waals surface area contributed by atoms with Crippen molar-refractivity contribution >= 4 is 35.1 Å². The highest BCUT2D eigenvalue weighted by atomic mass is 35.5. The van der Waals surface area contributed by atoms with E-state index in [9.17, 15) is 9.59 Å². The maximum Gasteiger partial charge on any atom is 0.246 e. The number of thiophene rings is 1. The molecule has 0 aliphatic carbocycles. The molecule has 4 rings (SSSR count). The molecule has 0 bridgehead atoms. The number of nitrogens with zero attached hydrogens (tertiary/aromatic N) is 3. The van der Waals surface area contributed by atoms with Gasteiger partial charge in [0.15, 0.2) is 6.29 Å². The summed E-state index contributed by atoms with van der Waals surface area (Å²) in [5.41, 5.74) is 4.48. The number of carbonyl (C=O) groups excluding carboxylic acids is 2. The quantitative estimate of drug-likeness (QED) is 0.437. The zero-order valence-corrected chi connectivity index (χ0v) is 17.5. The second-order valence-corrected chi connectivity index (χ2v) is 8.64. The van der Waals surface area contributed by atoms with E-state index in [1.54, 1.807) is 15.8 Å². The van der Waals surface area contributed by atoms with Crippen LogP contribution < -0.4 is 0 Å². The van der Waals surface area contributed by atoms with Crippen molar-refractivity contribution in [2.45, 2.75) is 25.9 Å². The number of benzene rings is 1. The van der Waals surface area contributed by atoms with Crippen LogP contribution in [0.5, 0.6) is 0 Å². The minimum atomic E-state index is -0.102. The number of hydrogen-bond donors (Lipinski definition) is 0. The first kappa shape index (κ1) is 19.6. The van der Waals surface area contributed by atoms with Gasteiger partial charge in [-0.1, -0.05) is 42.4 Å². The van der Waals surface area contributed by atoms with Crippen LogP contribution in [0, 0.1) is 0 Å². The van der Waals surface area contributed by atoms with Crippen LogP contribution in [0.15, 0.2) is 49.2 Å². The lowest BCUT2D eigenvalue weighted by Crippen LogP contribution is -2.37. The molecule has 0 saturated carbocycles. The molecule has 148 valence electrons. The van der Waals surface area contributed by atoms with Gasteiger partial charge in [-0.3, -0.25) is 14.3 Å². The molecule has 1 aliphatic heterocycles. The fourth-order valence-electron chi connectivity index (χ4n) is 3.97. The number of halogens is 1. The normalized spacial score (nSPS) is 15.8. The molecule has 1 unspecified atom stereocenters.